The normalized spacial score (nSPS) is 26.9. The summed E-state index contributed by atoms with van der Waals surface area (Å²) in [6, 6.07) is 8.03. The van der Waals surface area contributed by atoms with Crippen molar-refractivity contribution >= 4 is 11.9 Å². The van der Waals surface area contributed by atoms with Crippen LogP contribution in [0.25, 0.3) is 6.08 Å². The summed E-state index contributed by atoms with van der Waals surface area (Å²) in [5, 5.41) is 15.3. The van der Waals surface area contributed by atoms with Crippen molar-refractivity contribution in [3.63, 3.8) is 0 Å². The van der Waals surface area contributed by atoms with E-state index in [2.05, 4.69) is 27.4 Å². The lowest BCUT2D eigenvalue weighted by Gasteiger charge is -2.45. The summed E-state index contributed by atoms with van der Waals surface area (Å²) < 4.78 is 11.6. The highest BCUT2D eigenvalue weighted by atomic mass is 16.5. The largest absolute Gasteiger partial charge is 0.493 e. The van der Waals surface area contributed by atoms with E-state index in [0.717, 1.165) is 40.7 Å². The Labute approximate surface area is 176 Å². The van der Waals surface area contributed by atoms with Crippen molar-refractivity contribution in [2.24, 2.45) is 11.8 Å². The molecule has 6 nitrogen and oxygen atoms in total. The third-order valence-corrected chi connectivity index (χ3v) is 7.19. The van der Waals surface area contributed by atoms with E-state index in [1.54, 1.807) is 6.33 Å². The standard InChI is InChI=1S/C24H27N3O3/c28-24(7-9-29-10-8-24)19-13-30-21-4-2-1-3-17(21)22(19)27-23-18-11-16(15-5-6-15)12-20(18)25-14-26-23/h1-4,11,14-15,19,22,28H,5-10,12-13H2,(H,25,26,27)/t19-,22-/m0/s1. The van der Waals surface area contributed by atoms with Gasteiger partial charge >= 0.3 is 0 Å². The molecule has 2 atom stereocenters. The van der Waals surface area contributed by atoms with Crippen molar-refractivity contribution < 1.29 is 14.6 Å². The Morgan fingerprint density at radius 1 is 1.10 bits per heavy atom. The van der Waals surface area contributed by atoms with Crippen LogP contribution in [0.4, 0.5) is 5.82 Å². The Bertz CT molecular complexity index is 995. The monoisotopic (exact) mass is 405 g/mol. The van der Waals surface area contributed by atoms with E-state index in [-0.39, 0.29) is 12.0 Å². The molecular weight excluding hydrogens is 378 g/mol. The molecule has 0 amide bonds. The molecule has 2 aliphatic heterocycles. The van der Waals surface area contributed by atoms with Gasteiger partial charge in [-0.3, -0.25) is 0 Å². The summed E-state index contributed by atoms with van der Waals surface area (Å²) in [7, 11) is 0. The van der Waals surface area contributed by atoms with E-state index in [1.807, 2.05) is 18.2 Å². The highest BCUT2D eigenvalue weighted by Gasteiger charge is 2.46. The van der Waals surface area contributed by atoms with E-state index < -0.39 is 5.60 Å². The Morgan fingerprint density at radius 3 is 2.77 bits per heavy atom. The van der Waals surface area contributed by atoms with Crippen LogP contribution in [0.1, 0.15) is 48.5 Å². The minimum absolute atomic E-state index is 0.0876. The van der Waals surface area contributed by atoms with Crippen molar-refractivity contribution in [2.75, 3.05) is 25.1 Å². The van der Waals surface area contributed by atoms with Crippen molar-refractivity contribution in [1.29, 1.82) is 0 Å². The Kier molecular flexibility index (Phi) is 4.32. The molecule has 2 fully saturated rings. The molecule has 2 N–H and O–H groups in total. The minimum atomic E-state index is -0.825. The number of hydrogen-bond acceptors (Lipinski definition) is 6. The van der Waals surface area contributed by atoms with Gasteiger partial charge in [-0.2, -0.15) is 0 Å². The summed E-state index contributed by atoms with van der Waals surface area (Å²) in [4.78, 5) is 9.17. The van der Waals surface area contributed by atoms with Crippen molar-refractivity contribution in [1.82, 2.24) is 9.97 Å². The SMILES string of the molecule is OC1([C@H]2COc3ccccc3[C@@H]2Nc2ncnc3c2C=C(C2CC2)C3)CCOCC1. The molecule has 1 saturated carbocycles. The van der Waals surface area contributed by atoms with Crippen LogP contribution in [0.2, 0.25) is 0 Å². The van der Waals surface area contributed by atoms with Crippen LogP contribution in [0.3, 0.4) is 0 Å². The number of benzene rings is 1. The van der Waals surface area contributed by atoms with Gasteiger partial charge in [0.1, 0.15) is 17.9 Å². The van der Waals surface area contributed by atoms with Gasteiger partial charge in [-0.25, -0.2) is 9.97 Å². The van der Waals surface area contributed by atoms with E-state index in [4.69, 9.17) is 9.47 Å². The molecule has 1 aromatic heterocycles. The van der Waals surface area contributed by atoms with E-state index >= 15 is 0 Å². The molecule has 156 valence electrons. The molecule has 2 aromatic rings. The summed E-state index contributed by atoms with van der Waals surface area (Å²) in [6.07, 6.45) is 8.71. The van der Waals surface area contributed by atoms with Crippen LogP contribution >= 0.6 is 0 Å². The zero-order chi connectivity index (χ0) is 20.1. The Balaban J connectivity index is 1.38. The molecule has 2 aliphatic carbocycles. The zero-order valence-corrected chi connectivity index (χ0v) is 17.0. The second kappa shape index (κ2) is 7.06. The summed E-state index contributed by atoms with van der Waals surface area (Å²) in [5.74, 6) is 2.38. The van der Waals surface area contributed by atoms with Gasteiger partial charge in [0.2, 0.25) is 0 Å². The fourth-order valence-electron chi connectivity index (χ4n) is 5.23. The molecule has 0 spiro atoms. The third-order valence-electron chi connectivity index (χ3n) is 7.19. The molecule has 0 unspecified atom stereocenters. The second-order valence-electron chi connectivity index (χ2n) is 9.05. The maximum Gasteiger partial charge on any atom is 0.137 e. The highest BCUT2D eigenvalue weighted by molar-refractivity contribution is 5.72. The lowest BCUT2D eigenvalue weighted by Crippen LogP contribution is -2.51. The molecule has 6 heteroatoms. The third kappa shape index (κ3) is 3.10. The van der Waals surface area contributed by atoms with E-state index in [1.165, 1.54) is 18.4 Å². The van der Waals surface area contributed by atoms with Gasteiger partial charge in [0.05, 0.1) is 23.9 Å². The molecule has 6 rings (SSSR count). The Morgan fingerprint density at radius 2 is 1.93 bits per heavy atom. The number of fused-ring (bicyclic) bond motifs is 2. The lowest BCUT2D eigenvalue weighted by atomic mass is 9.74. The van der Waals surface area contributed by atoms with Crippen LogP contribution in [0.15, 0.2) is 36.2 Å². The summed E-state index contributed by atoms with van der Waals surface area (Å²) in [5.41, 5.74) is 3.96. The maximum absolute atomic E-state index is 11.5. The first-order valence-electron chi connectivity index (χ1n) is 11.0. The van der Waals surface area contributed by atoms with Crippen LogP contribution in [-0.2, 0) is 11.2 Å². The van der Waals surface area contributed by atoms with Gasteiger partial charge in [-0.15, -0.1) is 0 Å². The van der Waals surface area contributed by atoms with Crippen LogP contribution < -0.4 is 10.1 Å². The van der Waals surface area contributed by atoms with Gasteiger partial charge in [0.25, 0.3) is 0 Å². The minimum Gasteiger partial charge on any atom is -0.493 e. The van der Waals surface area contributed by atoms with Crippen LogP contribution in [0.5, 0.6) is 5.75 Å². The number of para-hydroxylation sites is 1. The number of hydrogen-bond donors (Lipinski definition) is 2. The molecule has 0 bridgehead atoms. The number of aliphatic hydroxyl groups is 1. The van der Waals surface area contributed by atoms with Crippen molar-refractivity contribution in [3.8, 4) is 5.75 Å². The smallest absolute Gasteiger partial charge is 0.137 e. The maximum atomic E-state index is 11.5. The fourth-order valence-corrected chi connectivity index (χ4v) is 5.23. The summed E-state index contributed by atoms with van der Waals surface area (Å²) >= 11 is 0. The van der Waals surface area contributed by atoms with Gasteiger partial charge in [-0.05, 0) is 30.9 Å². The fraction of sp³-hybridized carbons (Fsp3) is 0.500. The van der Waals surface area contributed by atoms with Crippen molar-refractivity contribution in [3.05, 3.63) is 53.0 Å². The van der Waals surface area contributed by atoms with Gasteiger partial charge < -0.3 is 19.9 Å². The lowest BCUT2D eigenvalue weighted by molar-refractivity contribution is -0.116. The van der Waals surface area contributed by atoms with Gasteiger partial charge in [0.15, 0.2) is 0 Å². The van der Waals surface area contributed by atoms with Crippen molar-refractivity contribution in [2.45, 2.75) is 43.7 Å². The zero-order valence-electron chi connectivity index (χ0n) is 17.0. The quantitative estimate of drug-likeness (QED) is 0.811. The number of anilines is 1. The van der Waals surface area contributed by atoms with E-state index in [0.29, 0.717) is 32.7 Å². The predicted molar refractivity (Wildman–Crippen MR) is 113 cm³/mol. The first kappa shape index (κ1) is 18.3. The predicted octanol–water partition coefficient (Wildman–Crippen LogP) is 3.53. The average Bonchev–Trinajstić information content (AvgIpc) is 3.53. The van der Waals surface area contributed by atoms with E-state index in [9.17, 15) is 5.11 Å². The average molecular weight is 405 g/mol. The van der Waals surface area contributed by atoms with Gasteiger partial charge in [-0.1, -0.05) is 23.8 Å². The van der Waals surface area contributed by atoms with Crippen LogP contribution in [0, 0.1) is 11.8 Å². The summed E-state index contributed by atoms with van der Waals surface area (Å²) in [6.45, 7) is 1.64. The molecule has 1 aromatic carbocycles. The number of rotatable bonds is 4. The number of aromatic nitrogens is 2. The highest BCUT2D eigenvalue weighted by Crippen LogP contribution is 2.47. The molecule has 30 heavy (non-hydrogen) atoms. The number of allylic oxidation sites excluding steroid dienone is 1. The topological polar surface area (TPSA) is 76.5 Å². The molecule has 1 saturated heterocycles. The first-order chi connectivity index (χ1) is 14.7. The molecule has 3 heterocycles. The first-order valence-corrected chi connectivity index (χ1v) is 11.0. The second-order valence-corrected chi connectivity index (χ2v) is 9.05. The number of nitrogens with zero attached hydrogens (tertiary/aromatic N) is 2. The molecule has 4 aliphatic rings. The van der Waals surface area contributed by atoms with Gasteiger partial charge in [0, 0.05) is 49.5 Å². The Hall–Kier alpha value is -2.44. The number of ether oxygens (including phenoxy) is 2. The molecular formula is C24H27N3O3. The molecule has 0 radical (unpaired) electrons. The van der Waals surface area contributed by atoms with Crippen LogP contribution in [-0.4, -0.2) is 40.5 Å². The number of nitrogens with one attached hydrogen (secondary N) is 1.